The van der Waals surface area contributed by atoms with Gasteiger partial charge in [0, 0.05) is 23.0 Å². The summed E-state index contributed by atoms with van der Waals surface area (Å²) in [6.45, 7) is 2.16. The highest BCUT2D eigenvalue weighted by molar-refractivity contribution is 6.23. The molecule has 2 atom stereocenters. The molecule has 1 amide bonds. The Balaban J connectivity index is 1.49. The summed E-state index contributed by atoms with van der Waals surface area (Å²) in [5.74, 6) is -1.50. The molecule has 32 heavy (non-hydrogen) atoms. The van der Waals surface area contributed by atoms with Crippen LogP contribution in [0.1, 0.15) is 46.0 Å². The van der Waals surface area contributed by atoms with Crippen molar-refractivity contribution in [2.45, 2.75) is 32.2 Å². The van der Waals surface area contributed by atoms with E-state index in [0.717, 1.165) is 19.3 Å². The van der Waals surface area contributed by atoms with Gasteiger partial charge in [0.1, 0.15) is 6.04 Å². The number of anilines is 1. The van der Waals surface area contributed by atoms with Crippen molar-refractivity contribution in [3.05, 3.63) is 101 Å². The molecule has 1 N–H and O–H groups in total. The minimum absolute atomic E-state index is 0.134. The fourth-order valence-electron chi connectivity index (χ4n) is 4.79. The van der Waals surface area contributed by atoms with Gasteiger partial charge in [-0.15, -0.1) is 0 Å². The van der Waals surface area contributed by atoms with Crippen molar-refractivity contribution in [3.63, 3.8) is 0 Å². The molecule has 5 rings (SSSR count). The highest BCUT2D eigenvalue weighted by Crippen LogP contribution is 2.43. The average molecular weight is 425 g/mol. The van der Waals surface area contributed by atoms with Gasteiger partial charge in [0.25, 0.3) is 5.91 Å². The number of rotatable bonds is 5. The van der Waals surface area contributed by atoms with E-state index in [-0.39, 0.29) is 17.5 Å². The van der Waals surface area contributed by atoms with Crippen molar-refractivity contribution in [3.8, 4) is 0 Å². The Kier molecular flexibility index (Phi) is 5.10. The number of unbranched alkanes of at least 4 members (excludes halogenated alkanes) is 1. The van der Waals surface area contributed by atoms with Crippen LogP contribution >= 0.6 is 0 Å². The van der Waals surface area contributed by atoms with Gasteiger partial charge in [0.05, 0.1) is 17.2 Å². The van der Waals surface area contributed by atoms with Gasteiger partial charge in [-0.25, -0.2) is 0 Å². The first-order valence-electron chi connectivity index (χ1n) is 11.0. The number of fused-ring (bicyclic) bond motifs is 4. The molecule has 0 saturated heterocycles. The molecular weight excluding hydrogens is 400 g/mol. The molecule has 2 unspecified atom stereocenters. The smallest absolute Gasteiger partial charge is 0.254 e. The molecule has 5 nitrogen and oxygen atoms in total. The Bertz CT molecular complexity index is 1200. The van der Waals surface area contributed by atoms with Crippen LogP contribution in [0.4, 0.5) is 5.69 Å². The third-order valence-electron chi connectivity index (χ3n) is 6.38. The highest BCUT2D eigenvalue weighted by atomic mass is 16.2. The van der Waals surface area contributed by atoms with Crippen LogP contribution in [0.25, 0.3) is 0 Å². The van der Waals surface area contributed by atoms with E-state index in [1.165, 1.54) is 5.56 Å². The quantitative estimate of drug-likeness (QED) is 0.757. The number of Topliss-reactive ketones (excluding diaryl/α,β-unsaturated/α-hetero) is 2. The molecule has 2 aromatic rings. The summed E-state index contributed by atoms with van der Waals surface area (Å²) in [6.07, 6.45) is 10.5. The van der Waals surface area contributed by atoms with Crippen molar-refractivity contribution < 1.29 is 14.4 Å². The minimum Gasteiger partial charge on any atom is -0.336 e. The van der Waals surface area contributed by atoms with Crippen molar-refractivity contribution in [1.29, 1.82) is 0 Å². The Morgan fingerprint density at radius 2 is 1.69 bits per heavy atom. The molecule has 160 valence electrons. The van der Waals surface area contributed by atoms with E-state index >= 15 is 0 Å². The third-order valence-corrected chi connectivity index (χ3v) is 6.38. The molecule has 2 aliphatic heterocycles. The molecule has 0 fully saturated rings. The summed E-state index contributed by atoms with van der Waals surface area (Å²) < 4.78 is 0. The maximum Gasteiger partial charge on any atom is 0.254 e. The number of hydrogen-bond donors (Lipinski definition) is 1. The number of carbonyl (C=O) groups excluding carboxylic acids is 3. The van der Waals surface area contributed by atoms with Crippen LogP contribution in [-0.4, -0.2) is 28.4 Å². The standard InChI is InChI=1S/C27H24N2O3/c1-2-3-8-17-12-14-18(15-13-17)28-27(32)22-21-11-6-7-16-29(21)24-23(22)25(30)19-9-4-5-10-20(19)26(24)31/h4-7,9-16,23-24H,2-3,8H2,1H3,(H,28,32). The monoisotopic (exact) mass is 424 g/mol. The molecule has 5 heteroatoms. The normalized spacial score (nSPS) is 20.8. The average Bonchev–Trinajstić information content (AvgIpc) is 3.18. The lowest BCUT2D eigenvalue weighted by molar-refractivity contribution is -0.113. The second kappa shape index (κ2) is 8.08. The second-order valence-electron chi connectivity index (χ2n) is 8.36. The molecule has 1 aliphatic carbocycles. The van der Waals surface area contributed by atoms with Gasteiger partial charge in [-0.2, -0.15) is 0 Å². The number of nitrogens with one attached hydrogen (secondary N) is 1. The van der Waals surface area contributed by atoms with Crippen molar-refractivity contribution in [2.75, 3.05) is 5.32 Å². The van der Waals surface area contributed by atoms with Crippen molar-refractivity contribution >= 4 is 23.2 Å². The number of aryl methyl sites for hydroxylation is 1. The zero-order valence-electron chi connectivity index (χ0n) is 17.9. The first kappa shape index (κ1) is 20.2. The fourth-order valence-corrected chi connectivity index (χ4v) is 4.79. The summed E-state index contributed by atoms with van der Waals surface area (Å²) in [5.41, 5.74) is 3.66. The molecule has 2 heterocycles. The van der Waals surface area contributed by atoms with E-state index in [4.69, 9.17) is 0 Å². The van der Waals surface area contributed by atoms with E-state index in [1.54, 1.807) is 41.4 Å². The van der Waals surface area contributed by atoms with Gasteiger partial charge in [-0.1, -0.05) is 55.8 Å². The zero-order valence-corrected chi connectivity index (χ0v) is 17.9. The summed E-state index contributed by atoms with van der Waals surface area (Å²) in [7, 11) is 0. The molecule has 0 saturated carbocycles. The molecule has 0 radical (unpaired) electrons. The SMILES string of the molecule is CCCCc1ccc(NC(=O)C2=C3C=CC=CN3C3C(=O)c4ccccc4C(=O)C23)cc1. The van der Waals surface area contributed by atoms with Crippen LogP contribution in [0.5, 0.6) is 0 Å². The van der Waals surface area contributed by atoms with Crippen LogP contribution in [0.15, 0.2) is 84.2 Å². The number of carbonyl (C=O) groups is 3. The topological polar surface area (TPSA) is 66.5 Å². The van der Waals surface area contributed by atoms with Crippen molar-refractivity contribution in [1.82, 2.24) is 4.90 Å². The number of allylic oxidation sites excluding steroid dienone is 3. The Labute approximate surface area is 187 Å². The number of benzene rings is 2. The molecule has 3 aliphatic rings. The van der Waals surface area contributed by atoms with E-state index in [2.05, 4.69) is 12.2 Å². The van der Waals surface area contributed by atoms with E-state index < -0.39 is 12.0 Å². The van der Waals surface area contributed by atoms with Crippen LogP contribution < -0.4 is 5.32 Å². The largest absolute Gasteiger partial charge is 0.336 e. The molecule has 0 bridgehead atoms. The van der Waals surface area contributed by atoms with Gasteiger partial charge in [-0.3, -0.25) is 14.4 Å². The maximum atomic E-state index is 13.5. The fraction of sp³-hybridized carbons (Fsp3) is 0.222. The lowest BCUT2D eigenvalue weighted by Gasteiger charge is -2.32. The van der Waals surface area contributed by atoms with Gasteiger partial charge >= 0.3 is 0 Å². The van der Waals surface area contributed by atoms with E-state index in [0.29, 0.717) is 28.1 Å². The van der Waals surface area contributed by atoms with E-state index in [1.807, 2.05) is 36.4 Å². The first-order valence-corrected chi connectivity index (χ1v) is 11.0. The van der Waals surface area contributed by atoms with Crippen LogP contribution in [0.3, 0.4) is 0 Å². The Morgan fingerprint density at radius 1 is 0.969 bits per heavy atom. The number of nitrogens with zero attached hydrogens (tertiary/aromatic N) is 1. The number of amides is 1. The van der Waals surface area contributed by atoms with Crippen LogP contribution in [0, 0.1) is 5.92 Å². The van der Waals surface area contributed by atoms with E-state index in [9.17, 15) is 14.4 Å². The predicted octanol–water partition coefficient (Wildman–Crippen LogP) is 4.68. The first-order chi connectivity index (χ1) is 15.6. The van der Waals surface area contributed by atoms with Gasteiger partial charge in [-0.05, 0) is 42.7 Å². The molecule has 0 spiro atoms. The predicted molar refractivity (Wildman–Crippen MR) is 123 cm³/mol. The summed E-state index contributed by atoms with van der Waals surface area (Å²) in [5, 5.41) is 2.95. The van der Waals surface area contributed by atoms with Gasteiger partial charge in [0.2, 0.25) is 0 Å². The third kappa shape index (κ3) is 3.21. The second-order valence-corrected chi connectivity index (χ2v) is 8.36. The summed E-state index contributed by atoms with van der Waals surface area (Å²) in [4.78, 5) is 42.0. The van der Waals surface area contributed by atoms with Gasteiger partial charge < -0.3 is 10.2 Å². The Hall–Kier alpha value is -3.73. The molecular formula is C27H24N2O3. The molecule has 2 aromatic carbocycles. The van der Waals surface area contributed by atoms with Crippen molar-refractivity contribution in [2.24, 2.45) is 5.92 Å². The number of ketones is 2. The summed E-state index contributed by atoms with van der Waals surface area (Å²) in [6, 6.07) is 13.9. The minimum atomic E-state index is -0.830. The lowest BCUT2D eigenvalue weighted by atomic mass is 9.76. The number of hydrogen-bond acceptors (Lipinski definition) is 4. The Morgan fingerprint density at radius 3 is 2.41 bits per heavy atom. The highest BCUT2D eigenvalue weighted by Gasteiger charge is 2.53. The summed E-state index contributed by atoms with van der Waals surface area (Å²) >= 11 is 0. The maximum absolute atomic E-state index is 13.5. The zero-order chi connectivity index (χ0) is 22.2. The molecule has 0 aromatic heterocycles. The van der Waals surface area contributed by atoms with Crippen LogP contribution in [-0.2, 0) is 11.2 Å². The lowest BCUT2D eigenvalue weighted by Crippen LogP contribution is -2.46. The van der Waals surface area contributed by atoms with Gasteiger partial charge in [0.15, 0.2) is 11.6 Å². The van der Waals surface area contributed by atoms with Crippen LogP contribution in [0.2, 0.25) is 0 Å².